The van der Waals surface area contributed by atoms with E-state index in [1.807, 2.05) is 23.4 Å². The highest BCUT2D eigenvalue weighted by Crippen LogP contribution is 2.31. The Kier molecular flexibility index (Phi) is 7.59. The summed E-state index contributed by atoms with van der Waals surface area (Å²) < 4.78 is 57.8. The molecule has 10 heteroatoms. The number of nitrogens with one attached hydrogen (secondary N) is 2. The average molecular weight is 504 g/mol. The van der Waals surface area contributed by atoms with Crippen molar-refractivity contribution in [3.63, 3.8) is 0 Å². The third kappa shape index (κ3) is 6.02. The molecule has 1 amide bonds. The number of amides is 1. The zero-order valence-corrected chi connectivity index (χ0v) is 20.2. The normalized spacial score (nSPS) is 18.6. The van der Waals surface area contributed by atoms with E-state index in [9.17, 15) is 22.4 Å². The van der Waals surface area contributed by atoms with Crippen molar-refractivity contribution < 1.29 is 22.4 Å². The van der Waals surface area contributed by atoms with Gasteiger partial charge >= 0.3 is 6.18 Å². The first-order valence-electron chi connectivity index (χ1n) is 11.9. The minimum atomic E-state index is -4.45. The van der Waals surface area contributed by atoms with E-state index in [2.05, 4.69) is 22.5 Å². The van der Waals surface area contributed by atoms with Gasteiger partial charge in [-0.2, -0.15) is 13.2 Å². The molecule has 0 unspecified atom stereocenters. The van der Waals surface area contributed by atoms with Crippen molar-refractivity contribution in [2.45, 2.75) is 44.8 Å². The van der Waals surface area contributed by atoms with Gasteiger partial charge in [0, 0.05) is 43.1 Å². The number of hydrogen-bond donors (Lipinski definition) is 2. The molecule has 1 aliphatic rings. The number of anilines is 1. The Balaban J connectivity index is 1.57. The van der Waals surface area contributed by atoms with E-state index in [1.165, 1.54) is 0 Å². The van der Waals surface area contributed by atoms with Gasteiger partial charge in [0.25, 0.3) is 5.91 Å². The van der Waals surface area contributed by atoms with E-state index in [1.54, 1.807) is 42.7 Å². The number of carbonyl (C=O) groups is 1. The third-order valence-corrected chi connectivity index (χ3v) is 6.30. The number of likely N-dealkylation sites (tertiary alicyclic amines) is 1. The Morgan fingerprint density at radius 2 is 2.06 bits per heavy atom. The van der Waals surface area contributed by atoms with Crippen LogP contribution in [0.5, 0.6) is 0 Å². The molecule has 1 fully saturated rings. The van der Waals surface area contributed by atoms with Crippen LogP contribution in [0.15, 0.2) is 42.7 Å². The van der Waals surface area contributed by atoms with Gasteiger partial charge in [-0.25, -0.2) is 4.39 Å². The summed E-state index contributed by atoms with van der Waals surface area (Å²) in [5.74, 6) is 5.23. The van der Waals surface area contributed by atoms with Gasteiger partial charge in [-0.05, 0) is 50.6 Å². The van der Waals surface area contributed by atoms with E-state index in [0.717, 1.165) is 17.7 Å². The number of halogens is 4. The average Bonchev–Trinajstić information content (AvgIpc) is 3.43. The van der Waals surface area contributed by atoms with Gasteiger partial charge in [-0.15, -0.1) is 0 Å². The number of aryl methyl sites for hydroxylation is 1. The second kappa shape index (κ2) is 10.7. The van der Waals surface area contributed by atoms with E-state index in [0.29, 0.717) is 35.1 Å². The van der Waals surface area contributed by atoms with E-state index >= 15 is 0 Å². The Hall–Kier alpha value is -3.45. The number of alkyl halides is 4. The molecule has 36 heavy (non-hydrogen) atoms. The Bertz CT molecular complexity index is 1280. The maximum Gasteiger partial charge on any atom is 0.406 e. The molecule has 192 valence electrons. The highest BCUT2D eigenvalue weighted by atomic mass is 19.4. The quantitative estimate of drug-likeness (QED) is 0.391. The van der Waals surface area contributed by atoms with E-state index < -0.39 is 24.9 Å². The van der Waals surface area contributed by atoms with Crippen molar-refractivity contribution in [3.05, 3.63) is 54.0 Å². The molecule has 2 N–H and O–H groups in total. The number of nitrogens with zero attached hydrogens (tertiary/aromatic N) is 3. The second-order valence-electron chi connectivity index (χ2n) is 9.00. The molecule has 0 aliphatic carbocycles. The maximum absolute atomic E-state index is 14.6. The third-order valence-electron chi connectivity index (χ3n) is 6.30. The molecular weight excluding hydrogens is 474 g/mol. The van der Waals surface area contributed by atoms with Crippen LogP contribution in [0.1, 0.15) is 29.4 Å². The Morgan fingerprint density at radius 1 is 1.25 bits per heavy atom. The van der Waals surface area contributed by atoms with E-state index in [-0.39, 0.29) is 18.1 Å². The molecule has 0 spiro atoms. The molecule has 0 saturated carbocycles. The summed E-state index contributed by atoms with van der Waals surface area (Å²) in [5, 5.41) is 6.41. The van der Waals surface area contributed by atoms with Crippen molar-refractivity contribution in [1.29, 1.82) is 0 Å². The largest absolute Gasteiger partial charge is 0.406 e. The fraction of sp³-hybridized carbons (Fsp3) is 0.423. The Morgan fingerprint density at radius 3 is 2.75 bits per heavy atom. The van der Waals surface area contributed by atoms with Crippen LogP contribution in [-0.4, -0.2) is 65.0 Å². The summed E-state index contributed by atoms with van der Waals surface area (Å²) in [4.78, 5) is 14.2. The predicted octanol–water partition coefficient (Wildman–Crippen LogP) is 4.26. The molecule has 3 aromatic rings. The predicted molar refractivity (Wildman–Crippen MR) is 132 cm³/mol. The number of aromatic nitrogens is 2. The lowest BCUT2D eigenvalue weighted by Crippen LogP contribution is -2.46. The topological polar surface area (TPSA) is 54.2 Å². The van der Waals surface area contributed by atoms with Crippen molar-refractivity contribution in [3.8, 4) is 11.8 Å². The van der Waals surface area contributed by atoms with Crippen molar-refractivity contribution in [1.82, 2.24) is 19.4 Å². The van der Waals surface area contributed by atoms with Gasteiger partial charge in [0.1, 0.15) is 12.7 Å². The minimum Gasteiger partial charge on any atom is -0.379 e. The molecular formula is C26H29F4N5O. The molecule has 3 heterocycles. The fourth-order valence-electron chi connectivity index (χ4n) is 4.42. The van der Waals surface area contributed by atoms with Crippen LogP contribution >= 0.6 is 0 Å². The lowest BCUT2D eigenvalue weighted by molar-refractivity contribution is -0.140. The van der Waals surface area contributed by atoms with Gasteiger partial charge in [-0.1, -0.05) is 12.0 Å². The highest BCUT2D eigenvalue weighted by molar-refractivity contribution is 5.95. The van der Waals surface area contributed by atoms with Gasteiger partial charge in [0.15, 0.2) is 0 Å². The number of hydrogen-bond acceptors (Lipinski definition) is 3. The van der Waals surface area contributed by atoms with Crippen molar-refractivity contribution >= 4 is 22.5 Å². The number of fused-ring (bicyclic) bond motifs is 1. The molecule has 0 radical (unpaired) electrons. The van der Waals surface area contributed by atoms with Crippen LogP contribution in [-0.2, 0) is 13.1 Å². The molecule has 2 aromatic heterocycles. The maximum atomic E-state index is 14.6. The zero-order valence-electron chi connectivity index (χ0n) is 20.2. The van der Waals surface area contributed by atoms with Crippen LogP contribution in [0.2, 0.25) is 0 Å². The van der Waals surface area contributed by atoms with Gasteiger partial charge < -0.3 is 24.7 Å². The summed E-state index contributed by atoms with van der Waals surface area (Å²) in [7, 11) is 1.86. The van der Waals surface area contributed by atoms with Crippen LogP contribution in [0.4, 0.5) is 23.2 Å². The standard InChI is InChI=1S/C26H29F4N5O/c1-3-34-13-9-18(15-34)25(36)31-11-5-6-19-14-20-22(32-23-10-12-33(2)16-21(23)27)7-4-8-24(20)35(19)17-26(28,29)30/h4,7-9,13-15,21,23,32H,3,10-12,16-17H2,1-2H3,(H,31,36)/t21-,23+/m0/s1. The summed E-state index contributed by atoms with van der Waals surface area (Å²) >= 11 is 0. The molecule has 4 rings (SSSR count). The Labute approximate surface area is 207 Å². The van der Waals surface area contributed by atoms with Gasteiger partial charge in [0.2, 0.25) is 0 Å². The van der Waals surface area contributed by atoms with E-state index in [4.69, 9.17) is 0 Å². The summed E-state index contributed by atoms with van der Waals surface area (Å²) in [6.45, 7) is 2.49. The lowest BCUT2D eigenvalue weighted by Gasteiger charge is -2.33. The molecule has 0 bridgehead atoms. The first-order chi connectivity index (χ1) is 17.1. The lowest BCUT2D eigenvalue weighted by atomic mass is 10.0. The number of carbonyl (C=O) groups excluding carboxylic acids is 1. The summed E-state index contributed by atoms with van der Waals surface area (Å²) in [6.07, 6.45) is -1.45. The first kappa shape index (κ1) is 25.6. The zero-order chi connectivity index (χ0) is 25.9. The number of piperidine rings is 1. The molecule has 1 aromatic carbocycles. The van der Waals surface area contributed by atoms with Gasteiger partial charge in [-0.3, -0.25) is 4.79 Å². The summed E-state index contributed by atoms with van der Waals surface area (Å²) in [5.41, 5.74) is 1.58. The smallest absolute Gasteiger partial charge is 0.379 e. The van der Waals surface area contributed by atoms with Crippen LogP contribution in [0.3, 0.4) is 0 Å². The molecule has 2 atom stereocenters. The van der Waals surface area contributed by atoms with Crippen molar-refractivity contribution in [2.24, 2.45) is 0 Å². The molecule has 1 aliphatic heterocycles. The highest BCUT2D eigenvalue weighted by Gasteiger charge is 2.31. The van der Waals surface area contributed by atoms with Crippen LogP contribution < -0.4 is 10.6 Å². The first-order valence-corrected chi connectivity index (χ1v) is 11.9. The molecule has 1 saturated heterocycles. The van der Waals surface area contributed by atoms with Crippen LogP contribution in [0, 0.1) is 11.8 Å². The van der Waals surface area contributed by atoms with Gasteiger partial charge in [0.05, 0.1) is 29.4 Å². The number of rotatable bonds is 6. The summed E-state index contributed by atoms with van der Waals surface area (Å²) in [6, 6.07) is 7.84. The van der Waals surface area contributed by atoms with Crippen molar-refractivity contribution in [2.75, 3.05) is 32.0 Å². The fourth-order valence-corrected chi connectivity index (χ4v) is 4.42. The minimum absolute atomic E-state index is 0.0199. The van der Waals surface area contributed by atoms with Crippen LogP contribution in [0.25, 0.3) is 10.9 Å². The SMILES string of the molecule is CCn1ccc(C(=O)NCC#Cc2cc3c(N[C@@H]4CCN(C)C[C@@H]4F)cccc3n2CC(F)(F)F)c1. The number of benzene rings is 1. The second-order valence-corrected chi connectivity index (χ2v) is 9.00. The monoisotopic (exact) mass is 503 g/mol. The molecule has 6 nitrogen and oxygen atoms in total.